The van der Waals surface area contributed by atoms with Crippen LogP contribution in [0.15, 0.2) is 77.9 Å². The highest BCUT2D eigenvalue weighted by atomic mass is 16.1. The Labute approximate surface area is 173 Å². The summed E-state index contributed by atoms with van der Waals surface area (Å²) in [6.45, 7) is 3.92. The zero-order valence-corrected chi connectivity index (χ0v) is 16.8. The minimum absolute atomic E-state index is 0.111. The first kappa shape index (κ1) is 18.1. The Morgan fingerprint density at radius 1 is 0.833 bits per heavy atom. The van der Waals surface area contributed by atoms with E-state index in [9.17, 15) is 4.79 Å². The lowest BCUT2D eigenvalue weighted by Crippen LogP contribution is -2.18. The van der Waals surface area contributed by atoms with Crippen molar-refractivity contribution in [1.82, 2.24) is 14.5 Å². The van der Waals surface area contributed by atoms with Crippen molar-refractivity contribution in [3.8, 4) is 16.8 Å². The zero-order valence-electron chi connectivity index (χ0n) is 16.8. The Morgan fingerprint density at radius 2 is 1.67 bits per heavy atom. The fourth-order valence-electron chi connectivity index (χ4n) is 3.75. The van der Waals surface area contributed by atoms with Gasteiger partial charge in [-0.1, -0.05) is 18.2 Å². The number of anilines is 1. The van der Waals surface area contributed by atoms with Gasteiger partial charge in [-0.15, -0.1) is 0 Å². The molecule has 2 N–H and O–H groups in total. The third kappa shape index (κ3) is 2.92. The normalized spacial score (nSPS) is 11.3. The van der Waals surface area contributed by atoms with Gasteiger partial charge in [0.25, 0.3) is 5.56 Å². The molecule has 2 aromatic carbocycles. The van der Waals surface area contributed by atoms with Gasteiger partial charge in [0.15, 0.2) is 0 Å². The summed E-state index contributed by atoms with van der Waals surface area (Å²) in [5.74, 6) is 0. The van der Waals surface area contributed by atoms with Gasteiger partial charge in [-0.05, 0) is 61.4 Å². The SMILES string of the molecule is Cc1ccc(-c2ccc3ncc4ccc(=O)n(-c5ccc(C)c(N)c5)c4c3c2)cn1. The molecule has 0 saturated heterocycles. The van der Waals surface area contributed by atoms with Gasteiger partial charge < -0.3 is 5.73 Å². The predicted octanol–water partition coefficient (Wildman–Crippen LogP) is 4.80. The minimum Gasteiger partial charge on any atom is -0.398 e. The number of aryl methyl sites for hydroxylation is 2. The molecule has 0 aliphatic carbocycles. The van der Waals surface area contributed by atoms with Gasteiger partial charge >= 0.3 is 0 Å². The number of nitrogens with two attached hydrogens (primary N) is 1. The smallest absolute Gasteiger partial charge is 0.255 e. The molecule has 146 valence electrons. The Kier molecular flexibility index (Phi) is 4.10. The Balaban J connectivity index is 1.86. The Bertz CT molecular complexity index is 1480. The number of hydrogen-bond acceptors (Lipinski definition) is 4. The third-order valence-corrected chi connectivity index (χ3v) is 5.48. The van der Waals surface area contributed by atoms with E-state index in [4.69, 9.17) is 5.73 Å². The molecule has 0 bridgehead atoms. The lowest BCUT2D eigenvalue weighted by atomic mass is 10.0. The van der Waals surface area contributed by atoms with E-state index < -0.39 is 0 Å². The predicted molar refractivity (Wildman–Crippen MR) is 122 cm³/mol. The van der Waals surface area contributed by atoms with Crippen molar-refractivity contribution in [2.45, 2.75) is 13.8 Å². The maximum Gasteiger partial charge on any atom is 0.255 e. The van der Waals surface area contributed by atoms with E-state index in [1.54, 1.807) is 16.8 Å². The largest absolute Gasteiger partial charge is 0.398 e. The quantitative estimate of drug-likeness (QED) is 0.346. The molecule has 5 aromatic rings. The van der Waals surface area contributed by atoms with Crippen molar-refractivity contribution in [2.75, 3.05) is 5.73 Å². The van der Waals surface area contributed by atoms with E-state index in [1.807, 2.05) is 62.5 Å². The first-order valence-electron chi connectivity index (χ1n) is 9.75. The summed E-state index contributed by atoms with van der Waals surface area (Å²) >= 11 is 0. The number of aromatic nitrogens is 3. The molecule has 0 unspecified atom stereocenters. The highest BCUT2D eigenvalue weighted by molar-refractivity contribution is 6.05. The van der Waals surface area contributed by atoms with E-state index in [2.05, 4.69) is 22.1 Å². The lowest BCUT2D eigenvalue weighted by Gasteiger charge is -2.14. The van der Waals surface area contributed by atoms with Gasteiger partial charge in [0.2, 0.25) is 0 Å². The van der Waals surface area contributed by atoms with Crippen LogP contribution in [0.2, 0.25) is 0 Å². The number of fused-ring (bicyclic) bond motifs is 3. The molecule has 0 fully saturated rings. The van der Waals surface area contributed by atoms with Crippen molar-refractivity contribution < 1.29 is 0 Å². The fraction of sp³-hybridized carbons (Fsp3) is 0.0800. The van der Waals surface area contributed by atoms with E-state index in [1.165, 1.54) is 0 Å². The minimum atomic E-state index is -0.111. The second kappa shape index (κ2) is 6.81. The summed E-state index contributed by atoms with van der Waals surface area (Å²) < 4.78 is 1.71. The zero-order chi connectivity index (χ0) is 20.8. The number of pyridine rings is 3. The summed E-state index contributed by atoms with van der Waals surface area (Å²) in [5.41, 5.74) is 13.1. The number of rotatable bonds is 2. The summed E-state index contributed by atoms with van der Waals surface area (Å²) in [5, 5.41) is 1.79. The number of nitrogens with zero attached hydrogens (tertiary/aromatic N) is 3. The van der Waals surface area contributed by atoms with Crippen LogP contribution in [0.25, 0.3) is 38.6 Å². The topological polar surface area (TPSA) is 73.8 Å². The Hall–Kier alpha value is -3.99. The maximum atomic E-state index is 13.0. The van der Waals surface area contributed by atoms with E-state index in [0.29, 0.717) is 5.69 Å². The van der Waals surface area contributed by atoms with Gasteiger partial charge in [0.05, 0.1) is 16.7 Å². The molecule has 0 aliphatic heterocycles. The van der Waals surface area contributed by atoms with Gasteiger partial charge in [0, 0.05) is 46.2 Å². The van der Waals surface area contributed by atoms with Crippen LogP contribution < -0.4 is 11.3 Å². The average molecular weight is 392 g/mol. The first-order chi connectivity index (χ1) is 14.5. The van der Waals surface area contributed by atoms with Gasteiger partial charge in [0.1, 0.15) is 0 Å². The number of benzene rings is 2. The van der Waals surface area contributed by atoms with E-state index in [0.717, 1.165) is 49.9 Å². The highest BCUT2D eigenvalue weighted by Crippen LogP contribution is 2.29. The summed E-state index contributed by atoms with van der Waals surface area (Å²) in [7, 11) is 0. The second-order valence-corrected chi connectivity index (χ2v) is 7.53. The Morgan fingerprint density at radius 3 is 2.43 bits per heavy atom. The van der Waals surface area contributed by atoms with Crippen molar-refractivity contribution >= 4 is 27.5 Å². The van der Waals surface area contributed by atoms with Gasteiger partial charge in [-0.25, -0.2) is 0 Å². The van der Waals surface area contributed by atoms with Crippen LogP contribution in [-0.4, -0.2) is 14.5 Å². The van der Waals surface area contributed by atoms with Crippen molar-refractivity contribution in [3.63, 3.8) is 0 Å². The molecule has 0 atom stereocenters. The van der Waals surface area contributed by atoms with Crippen LogP contribution in [0.5, 0.6) is 0 Å². The van der Waals surface area contributed by atoms with Crippen molar-refractivity contribution in [1.29, 1.82) is 0 Å². The van der Waals surface area contributed by atoms with Crippen LogP contribution in [0.3, 0.4) is 0 Å². The molecule has 30 heavy (non-hydrogen) atoms. The maximum absolute atomic E-state index is 13.0. The third-order valence-electron chi connectivity index (χ3n) is 5.48. The van der Waals surface area contributed by atoms with Gasteiger partial charge in [-0.3, -0.25) is 19.3 Å². The van der Waals surface area contributed by atoms with Crippen LogP contribution in [0.1, 0.15) is 11.3 Å². The summed E-state index contributed by atoms with van der Waals surface area (Å²) in [6.07, 6.45) is 3.67. The highest BCUT2D eigenvalue weighted by Gasteiger charge is 2.12. The molecule has 0 aliphatic rings. The molecule has 0 saturated carbocycles. The molecule has 0 spiro atoms. The number of nitrogen functional groups attached to an aromatic ring is 1. The van der Waals surface area contributed by atoms with Crippen molar-refractivity contribution in [2.24, 2.45) is 0 Å². The fourth-order valence-corrected chi connectivity index (χ4v) is 3.75. The monoisotopic (exact) mass is 392 g/mol. The molecule has 3 heterocycles. The second-order valence-electron chi connectivity index (χ2n) is 7.53. The van der Waals surface area contributed by atoms with Crippen LogP contribution in [-0.2, 0) is 0 Å². The molecule has 5 nitrogen and oxygen atoms in total. The molecule has 0 amide bonds. The van der Waals surface area contributed by atoms with Crippen LogP contribution >= 0.6 is 0 Å². The number of hydrogen-bond donors (Lipinski definition) is 1. The molecular weight excluding hydrogens is 372 g/mol. The van der Waals surface area contributed by atoms with Gasteiger partial charge in [-0.2, -0.15) is 0 Å². The van der Waals surface area contributed by atoms with E-state index in [-0.39, 0.29) is 5.56 Å². The van der Waals surface area contributed by atoms with Crippen molar-refractivity contribution in [3.05, 3.63) is 94.7 Å². The molecule has 0 radical (unpaired) electrons. The molecule has 5 rings (SSSR count). The lowest BCUT2D eigenvalue weighted by molar-refractivity contribution is 1.05. The molecule has 5 heteroatoms. The van der Waals surface area contributed by atoms with E-state index >= 15 is 0 Å². The average Bonchev–Trinajstić information content (AvgIpc) is 2.76. The summed E-state index contributed by atoms with van der Waals surface area (Å²) in [4.78, 5) is 22.0. The molecular formula is C25H20N4O. The first-order valence-corrected chi connectivity index (χ1v) is 9.75. The standard InChI is InChI=1S/C25H20N4O/c1-15-3-8-20(12-22(15)26)29-24(30)10-7-19-14-28-23-9-6-17(11-21(23)25(19)29)18-5-4-16(2)27-13-18/h3-14H,26H2,1-2H3. The molecule has 3 aromatic heterocycles. The van der Waals surface area contributed by atoms with Crippen LogP contribution in [0, 0.1) is 13.8 Å². The van der Waals surface area contributed by atoms with Crippen LogP contribution in [0.4, 0.5) is 5.69 Å². The summed E-state index contributed by atoms with van der Waals surface area (Å²) in [6, 6.07) is 19.2.